The number of carboxylic acids is 1. The summed E-state index contributed by atoms with van der Waals surface area (Å²) in [5.74, 6) is -0.775. The van der Waals surface area contributed by atoms with E-state index in [1.165, 1.54) is 0 Å². The van der Waals surface area contributed by atoms with Crippen LogP contribution in [-0.2, 0) is 9.53 Å². The molecule has 1 aliphatic rings. The zero-order valence-electron chi connectivity index (χ0n) is 11.0. The first kappa shape index (κ1) is 14.8. The Morgan fingerprint density at radius 2 is 2.12 bits per heavy atom. The van der Waals surface area contributed by atoms with E-state index in [-0.39, 0.29) is 6.04 Å². The van der Waals surface area contributed by atoms with Crippen molar-refractivity contribution in [2.75, 3.05) is 13.2 Å². The van der Waals surface area contributed by atoms with E-state index in [1.54, 1.807) is 6.92 Å². The molecule has 1 rings (SSSR count). The average molecular weight is 261 g/mol. The van der Waals surface area contributed by atoms with Crippen molar-refractivity contribution in [3.8, 4) is 0 Å². The van der Waals surface area contributed by atoms with Gasteiger partial charge in [-0.05, 0) is 27.2 Å². The molecule has 1 saturated heterocycles. The van der Waals surface area contributed by atoms with Gasteiger partial charge in [0.25, 0.3) is 0 Å². The second-order valence-electron chi connectivity index (χ2n) is 5.25. The number of rotatable bonds is 7. The van der Waals surface area contributed by atoms with Crippen LogP contribution in [0.1, 0.15) is 34.1 Å². The predicted molar refractivity (Wildman–Crippen MR) is 70.6 cm³/mol. The Labute approximate surface area is 107 Å². The Hall–Kier alpha value is -0.260. The molecule has 0 aromatic heterocycles. The minimum absolute atomic E-state index is 0.167. The molecule has 0 spiro atoms. The van der Waals surface area contributed by atoms with Gasteiger partial charge in [0.2, 0.25) is 0 Å². The summed E-state index contributed by atoms with van der Waals surface area (Å²) >= 11 is 1.83. The van der Waals surface area contributed by atoms with Crippen LogP contribution in [0.25, 0.3) is 0 Å². The number of carbonyl (C=O) groups is 1. The first-order valence-corrected chi connectivity index (χ1v) is 7.02. The summed E-state index contributed by atoms with van der Waals surface area (Å²) in [6, 6.07) is 0.167. The highest BCUT2D eigenvalue weighted by Gasteiger charge is 2.36. The Balaban J connectivity index is 2.49. The first-order valence-electron chi connectivity index (χ1n) is 6.08. The van der Waals surface area contributed by atoms with Gasteiger partial charge < -0.3 is 9.84 Å². The largest absolute Gasteiger partial charge is 0.480 e. The highest BCUT2D eigenvalue weighted by Crippen LogP contribution is 2.29. The van der Waals surface area contributed by atoms with Crippen molar-refractivity contribution in [3.63, 3.8) is 0 Å². The van der Waals surface area contributed by atoms with E-state index in [1.807, 2.05) is 25.6 Å². The minimum Gasteiger partial charge on any atom is -0.480 e. The molecule has 1 fully saturated rings. The average Bonchev–Trinajstić information content (AvgIpc) is 2.09. The predicted octanol–water partition coefficient (Wildman–Crippen LogP) is 1.74. The lowest BCUT2D eigenvalue weighted by atomic mass is 9.95. The Morgan fingerprint density at radius 1 is 1.53 bits per heavy atom. The molecule has 4 nitrogen and oxygen atoms in total. The van der Waals surface area contributed by atoms with Gasteiger partial charge in [-0.15, -0.1) is 0 Å². The summed E-state index contributed by atoms with van der Waals surface area (Å²) in [6.07, 6.45) is 0.627. The lowest BCUT2D eigenvalue weighted by Gasteiger charge is -2.34. The summed E-state index contributed by atoms with van der Waals surface area (Å²) < 4.78 is 5.13. The number of nitrogens with one attached hydrogen (secondary N) is 1. The van der Waals surface area contributed by atoms with E-state index >= 15 is 0 Å². The smallest absolute Gasteiger partial charge is 0.323 e. The molecule has 1 heterocycles. The van der Waals surface area contributed by atoms with Crippen molar-refractivity contribution in [3.05, 3.63) is 0 Å². The van der Waals surface area contributed by atoms with Crippen LogP contribution in [0.15, 0.2) is 0 Å². The SMILES string of the molecule is CC(C)NC(C)(CC(C)SC1COC1)C(=O)O. The standard InChI is InChI=1S/C12H23NO3S/c1-8(2)13-12(4,11(14)15)5-9(3)17-10-6-16-7-10/h8-10,13H,5-7H2,1-4H3,(H,14,15). The van der Waals surface area contributed by atoms with Gasteiger partial charge in [0, 0.05) is 11.3 Å². The van der Waals surface area contributed by atoms with Gasteiger partial charge in [-0.1, -0.05) is 6.92 Å². The zero-order chi connectivity index (χ0) is 13.1. The van der Waals surface area contributed by atoms with Gasteiger partial charge in [0.15, 0.2) is 0 Å². The summed E-state index contributed by atoms with van der Waals surface area (Å²) in [5, 5.41) is 13.4. The van der Waals surface area contributed by atoms with Crippen molar-refractivity contribution < 1.29 is 14.6 Å². The fourth-order valence-electron chi connectivity index (χ4n) is 2.09. The van der Waals surface area contributed by atoms with Gasteiger partial charge in [0.05, 0.1) is 18.5 Å². The van der Waals surface area contributed by atoms with Gasteiger partial charge >= 0.3 is 5.97 Å². The molecule has 1 aliphatic heterocycles. The second kappa shape index (κ2) is 6.07. The highest BCUT2D eigenvalue weighted by molar-refractivity contribution is 8.00. The van der Waals surface area contributed by atoms with Crippen LogP contribution < -0.4 is 5.32 Å². The number of thioether (sulfide) groups is 1. The van der Waals surface area contributed by atoms with E-state index in [0.29, 0.717) is 16.9 Å². The zero-order valence-corrected chi connectivity index (χ0v) is 11.8. The first-order chi connectivity index (χ1) is 7.83. The van der Waals surface area contributed by atoms with Gasteiger partial charge in [-0.2, -0.15) is 11.8 Å². The molecule has 5 heteroatoms. The van der Waals surface area contributed by atoms with Gasteiger partial charge in [-0.3, -0.25) is 10.1 Å². The third kappa shape index (κ3) is 4.48. The Morgan fingerprint density at radius 3 is 2.47 bits per heavy atom. The molecule has 0 bridgehead atoms. The van der Waals surface area contributed by atoms with E-state index < -0.39 is 11.5 Å². The molecule has 17 heavy (non-hydrogen) atoms. The van der Waals surface area contributed by atoms with Crippen LogP contribution in [0.4, 0.5) is 0 Å². The normalized spacial score (nSPS) is 21.9. The minimum atomic E-state index is -0.842. The van der Waals surface area contributed by atoms with Crippen LogP contribution in [0.5, 0.6) is 0 Å². The fourth-order valence-corrected chi connectivity index (χ4v) is 3.53. The molecule has 0 saturated carbocycles. The van der Waals surface area contributed by atoms with Crippen molar-refractivity contribution in [1.82, 2.24) is 5.32 Å². The topological polar surface area (TPSA) is 58.6 Å². The van der Waals surface area contributed by atoms with Crippen LogP contribution >= 0.6 is 11.8 Å². The lowest BCUT2D eigenvalue weighted by Crippen LogP contribution is -2.53. The van der Waals surface area contributed by atoms with E-state index in [4.69, 9.17) is 4.74 Å². The maximum atomic E-state index is 11.4. The fraction of sp³-hybridized carbons (Fsp3) is 0.917. The van der Waals surface area contributed by atoms with Crippen LogP contribution in [0.3, 0.4) is 0 Å². The van der Waals surface area contributed by atoms with Gasteiger partial charge in [-0.25, -0.2) is 0 Å². The van der Waals surface area contributed by atoms with E-state index in [0.717, 1.165) is 13.2 Å². The number of hydrogen-bond acceptors (Lipinski definition) is 4. The molecule has 0 amide bonds. The number of aliphatic carboxylic acids is 1. The lowest BCUT2D eigenvalue weighted by molar-refractivity contribution is -0.144. The quantitative estimate of drug-likeness (QED) is 0.731. The molecular formula is C12H23NO3S. The second-order valence-corrected chi connectivity index (χ2v) is 6.99. The number of ether oxygens (including phenoxy) is 1. The van der Waals surface area contributed by atoms with Gasteiger partial charge in [0.1, 0.15) is 5.54 Å². The molecule has 0 radical (unpaired) electrons. The number of hydrogen-bond donors (Lipinski definition) is 2. The molecule has 0 aliphatic carbocycles. The number of carboxylic acid groups (broad SMARTS) is 1. The van der Waals surface area contributed by atoms with Crippen molar-refractivity contribution in [2.45, 2.75) is 56.2 Å². The van der Waals surface area contributed by atoms with Crippen LogP contribution in [0.2, 0.25) is 0 Å². The summed E-state index contributed by atoms with van der Waals surface area (Å²) in [6.45, 7) is 9.40. The third-order valence-electron chi connectivity index (χ3n) is 2.81. The molecule has 0 aromatic carbocycles. The highest BCUT2D eigenvalue weighted by atomic mass is 32.2. The Bertz CT molecular complexity index is 268. The van der Waals surface area contributed by atoms with Crippen molar-refractivity contribution >= 4 is 17.7 Å². The van der Waals surface area contributed by atoms with Crippen LogP contribution in [0, 0.1) is 0 Å². The summed E-state index contributed by atoms with van der Waals surface area (Å²) in [4.78, 5) is 11.4. The van der Waals surface area contributed by atoms with E-state index in [9.17, 15) is 9.90 Å². The molecule has 100 valence electrons. The molecular weight excluding hydrogens is 238 g/mol. The molecule has 2 atom stereocenters. The maximum absolute atomic E-state index is 11.4. The summed E-state index contributed by atoms with van der Waals surface area (Å²) in [5.41, 5.74) is -0.842. The van der Waals surface area contributed by atoms with Crippen LogP contribution in [-0.4, -0.2) is 46.4 Å². The summed E-state index contributed by atoms with van der Waals surface area (Å²) in [7, 11) is 0. The molecule has 0 aromatic rings. The Kier molecular flexibility index (Phi) is 5.28. The third-order valence-corrected chi connectivity index (χ3v) is 4.10. The van der Waals surface area contributed by atoms with Crippen molar-refractivity contribution in [1.29, 1.82) is 0 Å². The molecule has 2 unspecified atom stereocenters. The monoisotopic (exact) mass is 261 g/mol. The van der Waals surface area contributed by atoms with Crippen molar-refractivity contribution in [2.24, 2.45) is 0 Å². The van der Waals surface area contributed by atoms with E-state index in [2.05, 4.69) is 12.2 Å². The maximum Gasteiger partial charge on any atom is 0.323 e. The molecule has 2 N–H and O–H groups in total.